The van der Waals surface area contributed by atoms with Gasteiger partial charge in [0.1, 0.15) is 17.5 Å². The first-order valence-electron chi connectivity index (χ1n) is 9.96. The molecule has 3 heterocycles. The number of halogens is 1. The van der Waals surface area contributed by atoms with Crippen molar-refractivity contribution in [3.63, 3.8) is 0 Å². The molecule has 0 radical (unpaired) electrons. The van der Waals surface area contributed by atoms with E-state index in [-0.39, 0.29) is 5.82 Å². The first-order chi connectivity index (χ1) is 14.1. The van der Waals surface area contributed by atoms with Gasteiger partial charge in [0, 0.05) is 44.5 Å². The van der Waals surface area contributed by atoms with E-state index in [0.29, 0.717) is 0 Å². The van der Waals surface area contributed by atoms with Crippen molar-refractivity contribution in [2.24, 2.45) is 0 Å². The molecule has 3 aromatic rings. The fourth-order valence-electron chi connectivity index (χ4n) is 3.43. The smallest absolute Gasteiger partial charge is 0.139 e. The van der Waals surface area contributed by atoms with Crippen molar-refractivity contribution in [2.75, 3.05) is 37.6 Å². The SMILES string of the molecule is CC(C)=CCN1CCN(c2ccc(-c3ncc(-c4ccc(F)cc4)[nH]3)cn2)CC1. The van der Waals surface area contributed by atoms with E-state index in [0.717, 1.165) is 61.2 Å². The first kappa shape index (κ1) is 19.3. The lowest BCUT2D eigenvalue weighted by Gasteiger charge is -2.35. The van der Waals surface area contributed by atoms with Gasteiger partial charge < -0.3 is 9.88 Å². The molecule has 0 amide bonds. The zero-order valence-corrected chi connectivity index (χ0v) is 16.9. The van der Waals surface area contributed by atoms with E-state index in [1.165, 1.54) is 17.7 Å². The van der Waals surface area contributed by atoms with E-state index in [1.54, 1.807) is 18.3 Å². The van der Waals surface area contributed by atoms with Crippen molar-refractivity contribution >= 4 is 5.82 Å². The normalized spacial score (nSPS) is 14.8. The Bertz CT molecular complexity index is 963. The molecule has 150 valence electrons. The van der Waals surface area contributed by atoms with Crippen LogP contribution in [-0.4, -0.2) is 52.6 Å². The minimum Gasteiger partial charge on any atom is -0.354 e. The van der Waals surface area contributed by atoms with Crippen LogP contribution in [0.3, 0.4) is 0 Å². The van der Waals surface area contributed by atoms with E-state index in [4.69, 9.17) is 0 Å². The van der Waals surface area contributed by atoms with Crippen LogP contribution >= 0.6 is 0 Å². The van der Waals surface area contributed by atoms with E-state index >= 15 is 0 Å². The second kappa shape index (κ2) is 8.57. The average molecular weight is 391 g/mol. The standard InChI is InChI=1S/C23H26FN5/c1-17(2)9-10-28-11-13-29(14-12-28)22-8-5-19(15-25-22)23-26-16-21(27-23)18-3-6-20(24)7-4-18/h3-9,15-16H,10-14H2,1-2H3,(H,26,27). The van der Waals surface area contributed by atoms with Crippen LogP contribution in [0, 0.1) is 5.82 Å². The molecule has 29 heavy (non-hydrogen) atoms. The quantitative estimate of drug-likeness (QED) is 0.657. The molecular formula is C23H26FN5. The summed E-state index contributed by atoms with van der Waals surface area (Å²) in [6.07, 6.45) is 5.91. The predicted molar refractivity (Wildman–Crippen MR) is 115 cm³/mol. The summed E-state index contributed by atoms with van der Waals surface area (Å²) in [5, 5.41) is 0. The van der Waals surface area contributed by atoms with E-state index in [9.17, 15) is 4.39 Å². The molecule has 0 saturated carbocycles. The predicted octanol–water partition coefficient (Wildman–Crippen LogP) is 4.37. The van der Waals surface area contributed by atoms with Gasteiger partial charge in [-0.1, -0.05) is 11.6 Å². The van der Waals surface area contributed by atoms with Crippen molar-refractivity contribution < 1.29 is 4.39 Å². The van der Waals surface area contributed by atoms with E-state index < -0.39 is 0 Å². The third-order valence-corrected chi connectivity index (χ3v) is 5.21. The maximum absolute atomic E-state index is 13.1. The van der Waals surface area contributed by atoms with Crippen molar-refractivity contribution in [1.29, 1.82) is 0 Å². The Hall–Kier alpha value is -2.99. The molecule has 5 nitrogen and oxygen atoms in total. The number of hydrogen-bond donors (Lipinski definition) is 1. The number of anilines is 1. The van der Waals surface area contributed by atoms with Crippen molar-refractivity contribution in [3.05, 3.63) is 66.3 Å². The maximum atomic E-state index is 13.1. The summed E-state index contributed by atoms with van der Waals surface area (Å²) in [6.45, 7) is 9.37. The Kier molecular flexibility index (Phi) is 5.71. The Morgan fingerprint density at radius 2 is 1.69 bits per heavy atom. The minimum absolute atomic E-state index is 0.244. The van der Waals surface area contributed by atoms with Crippen LogP contribution in [0.1, 0.15) is 13.8 Å². The van der Waals surface area contributed by atoms with Gasteiger partial charge in [-0.2, -0.15) is 0 Å². The third kappa shape index (κ3) is 4.71. The monoisotopic (exact) mass is 391 g/mol. The summed E-state index contributed by atoms with van der Waals surface area (Å²) in [7, 11) is 0. The number of benzene rings is 1. The Morgan fingerprint density at radius 3 is 2.34 bits per heavy atom. The molecule has 0 bridgehead atoms. The van der Waals surface area contributed by atoms with Crippen LogP contribution in [0.5, 0.6) is 0 Å². The molecular weight excluding hydrogens is 365 g/mol. The number of nitrogens with zero attached hydrogens (tertiary/aromatic N) is 4. The Balaban J connectivity index is 1.40. The van der Waals surface area contributed by atoms with Crippen molar-refractivity contribution in [1.82, 2.24) is 19.9 Å². The molecule has 1 fully saturated rings. The highest BCUT2D eigenvalue weighted by atomic mass is 19.1. The maximum Gasteiger partial charge on any atom is 0.139 e. The molecule has 0 atom stereocenters. The number of imidazole rings is 1. The molecule has 1 aliphatic heterocycles. The molecule has 2 aromatic heterocycles. The summed E-state index contributed by atoms with van der Waals surface area (Å²) in [4.78, 5) is 17.2. The van der Waals surface area contributed by atoms with Gasteiger partial charge in [-0.05, 0) is 55.8 Å². The van der Waals surface area contributed by atoms with Gasteiger partial charge in [0.2, 0.25) is 0 Å². The number of H-pyrrole nitrogens is 1. The zero-order valence-electron chi connectivity index (χ0n) is 16.9. The number of piperazine rings is 1. The van der Waals surface area contributed by atoms with E-state index in [2.05, 4.69) is 50.7 Å². The topological polar surface area (TPSA) is 48.0 Å². The van der Waals surface area contributed by atoms with Crippen LogP contribution < -0.4 is 4.90 Å². The number of nitrogens with one attached hydrogen (secondary N) is 1. The highest BCUT2D eigenvalue weighted by molar-refractivity contribution is 5.64. The number of hydrogen-bond acceptors (Lipinski definition) is 4. The van der Waals surface area contributed by atoms with Gasteiger partial charge >= 0.3 is 0 Å². The lowest BCUT2D eigenvalue weighted by atomic mass is 10.2. The Labute approximate surface area is 170 Å². The second-order valence-corrected chi connectivity index (χ2v) is 7.63. The second-order valence-electron chi connectivity index (χ2n) is 7.63. The van der Waals surface area contributed by atoms with Gasteiger partial charge in [0.15, 0.2) is 0 Å². The molecule has 1 saturated heterocycles. The van der Waals surface area contributed by atoms with Crippen LogP contribution in [0.15, 0.2) is 60.4 Å². The lowest BCUT2D eigenvalue weighted by Crippen LogP contribution is -2.46. The number of aromatic amines is 1. The fraction of sp³-hybridized carbons (Fsp3) is 0.304. The van der Waals surface area contributed by atoms with Crippen LogP contribution in [-0.2, 0) is 0 Å². The molecule has 6 heteroatoms. The van der Waals surface area contributed by atoms with Crippen molar-refractivity contribution in [3.8, 4) is 22.6 Å². The van der Waals surface area contributed by atoms with Gasteiger partial charge in [-0.3, -0.25) is 4.90 Å². The molecule has 4 rings (SSSR count). The average Bonchev–Trinajstić information content (AvgIpc) is 3.23. The summed E-state index contributed by atoms with van der Waals surface area (Å²) < 4.78 is 13.1. The molecule has 1 aromatic carbocycles. The minimum atomic E-state index is -0.244. The summed E-state index contributed by atoms with van der Waals surface area (Å²) >= 11 is 0. The molecule has 1 aliphatic rings. The Morgan fingerprint density at radius 1 is 0.966 bits per heavy atom. The largest absolute Gasteiger partial charge is 0.354 e. The van der Waals surface area contributed by atoms with Gasteiger partial charge in [0.25, 0.3) is 0 Å². The molecule has 1 N–H and O–H groups in total. The van der Waals surface area contributed by atoms with Crippen LogP contribution in [0.25, 0.3) is 22.6 Å². The van der Waals surface area contributed by atoms with Gasteiger partial charge in [-0.25, -0.2) is 14.4 Å². The highest BCUT2D eigenvalue weighted by Crippen LogP contribution is 2.23. The molecule has 0 unspecified atom stereocenters. The number of pyridine rings is 1. The van der Waals surface area contributed by atoms with Crippen LogP contribution in [0.2, 0.25) is 0 Å². The molecule has 0 aliphatic carbocycles. The van der Waals surface area contributed by atoms with Crippen molar-refractivity contribution in [2.45, 2.75) is 13.8 Å². The summed E-state index contributed by atoms with van der Waals surface area (Å²) in [6, 6.07) is 10.5. The van der Waals surface area contributed by atoms with E-state index in [1.807, 2.05) is 12.3 Å². The fourth-order valence-corrected chi connectivity index (χ4v) is 3.43. The third-order valence-electron chi connectivity index (χ3n) is 5.21. The molecule has 0 spiro atoms. The lowest BCUT2D eigenvalue weighted by molar-refractivity contribution is 0.283. The highest BCUT2D eigenvalue weighted by Gasteiger charge is 2.17. The van der Waals surface area contributed by atoms with Crippen LogP contribution in [0.4, 0.5) is 10.2 Å². The van der Waals surface area contributed by atoms with Gasteiger partial charge in [0.05, 0.1) is 11.9 Å². The number of allylic oxidation sites excluding steroid dienone is 1. The number of rotatable bonds is 5. The summed E-state index contributed by atoms with van der Waals surface area (Å²) in [5.74, 6) is 1.52. The van der Waals surface area contributed by atoms with Gasteiger partial charge in [-0.15, -0.1) is 0 Å². The first-order valence-corrected chi connectivity index (χ1v) is 9.96. The number of aromatic nitrogens is 3. The summed E-state index contributed by atoms with van der Waals surface area (Å²) in [5.41, 5.74) is 4.06. The zero-order chi connectivity index (χ0) is 20.2.